The van der Waals surface area contributed by atoms with Crippen LogP contribution in [0.15, 0.2) is 65.1 Å². The number of hydrogen-bond acceptors (Lipinski definition) is 3. The smallest absolute Gasteiger partial charge is 0.255 e. The minimum atomic E-state index is -0.199. The van der Waals surface area contributed by atoms with E-state index in [1.54, 1.807) is 24.3 Å². The van der Waals surface area contributed by atoms with Crippen molar-refractivity contribution < 1.29 is 14.3 Å². The zero-order valence-electron chi connectivity index (χ0n) is 16.2. The molecule has 0 aliphatic carbocycles. The van der Waals surface area contributed by atoms with E-state index in [2.05, 4.69) is 21.2 Å². The number of anilines is 1. The number of rotatable bonds is 7. The molecular formula is C23H21BrClNO3. The summed E-state index contributed by atoms with van der Waals surface area (Å²) in [6, 6.07) is 18.3. The molecule has 0 radical (unpaired) electrons. The van der Waals surface area contributed by atoms with Gasteiger partial charge >= 0.3 is 0 Å². The van der Waals surface area contributed by atoms with Crippen molar-refractivity contribution in [1.29, 1.82) is 0 Å². The van der Waals surface area contributed by atoms with Crippen molar-refractivity contribution in [2.24, 2.45) is 0 Å². The van der Waals surface area contributed by atoms with E-state index in [0.717, 1.165) is 15.6 Å². The second-order valence-corrected chi connectivity index (χ2v) is 7.74. The minimum Gasteiger partial charge on any atom is -0.493 e. The maximum absolute atomic E-state index is 12.7. The number of carbonyl (C=O) groups excluding carboxylic acids is 1. The normalized spacial score (nSPS) is 10.5. The number of benzene rings is 3. The van der Waals surface area contributed by atoms with Gasteiger partial charge in [0.1, 0.15) is 18.1 Å². The second kappa shape index (κ2) is 9.81. The number of hydrogen-bond donors (Lipinski definition) is 1. The summed E-state index contributed by atoms with van der Waals surface area (Å²) in [4.78, 5) is 12.7. The molecule has 0 saturated carbocycles. The van der Waals surface area contributed by atoms with Gasteiger partial charge in [-0.2, -0.15) is 0 Å². The van der Waals surface area contributed by atoms with Crippen molar-refractivity contribution in [2.75, 3.05) is 11.9 Å². The molecule has 6 heteroatoms. The van der Waals surface area contributed by atoms with Gasteiger partial charge in [-0.25, -0.2) is 0 Å². The van der Waals surface area contributed by atoms with E-state index < -0.39 is 0 Å². The van der Waals surface area contributed by atoms with Gasteiger partial charge in [0.15, 0.2) is 0 Å². The zero-order valence-corrected chi connectivity index (χ0v) is 18.5. The van der Waals surface area contributed by atoms with Crippen molar-refractivity contribution in [1.82, 2.24) is 0 Å². The van der Waals surface area contributed by atoms with Crippen LogP contribution in [-0.4, -0.2) is 12.5 Å². The number of carbonyl (C=O) groups is 1. The average molecular weight is 475 g/mol. The van der Waals surface area contributed by atoms with Crippen LogP contribution in [0.5, 0.6) is 11.5 Å². The fourth-order valence-electron chi connectivity index (χ4n) is 2.77. The molecule has 150 valence electrons. The number of amides is 1. The Bertz CT molecular complexity index is 1020. The van der Waals surface area contributed by atoms with Gasteiger partial charge in [0.2, 0.25) is 0 Å². The predicted molar refractivity (Wildman–Crippen MR) is 120 cm³/mol. The molecule has 3 rings (SSSR count). The van der Waals surface area contributed by atoms with Crippen LogP contribution in [0.4, 0.5) is 5.69 Å². The van der Waals surface area contributed by atoms with Crippen LogP contribution in [0.25, 0.3) is 0 Å². The molecule has 0 aliphatic heterocycles. The van der Waals surface area contributed by atoms with E-state index in [0.29, 0.717) is 34.4 Å². The molecular weight excluding hydrogens is 454 g/mol. The molecule has 0 saturated heterocycles. The van der Waals surface area contributed by atoms with Gasteiger partial charge in [-0.1, -0.05) is 33.6 Å². The Morgan fingerprint density at radius 3 is 2.62 bits per heavy atom. The van der Waals surface area contributed by atoms with Crippen LogP contribution >= 0.6 is 27.5 Å². The molecule has 29 heavy (non-hydrogen) atoms. The lowest BCUT2D eigenvalue weighted by Gasteiger charge is -2.14. The molecule has 0 unspecified atom stereocenters. The number of ether oxygens (including phenoxy) is 2. The Labute approximate surface area is 183 Å². The topological polar surface area (TPSA) is 47.6 Å². The quantitative estimate of drug-likeness (QED) is 0.417. The summed E-state index contributed by atoms with van der Waals surface area (Å²) in [6.45, 7) is 4.64. The summed E-state index contributed by atoms with van der Waals surface area (Å²) in [5, 5.41) is 3.59. The third kappa shape index (κ3) is 5.75. The summed E-state index contributed by atoms with van der Waals surface area (Å²) < 4.78 is 12.5. The molecule has 0 aliphatic rings. The number of aryl methyl sites for hydroxylation is 1. The lowest BCUT2D eigenvalue weighted by Crippen LogP contribution is -2.13. The highest BCUT2D eigenvalue weighted by Crippen LogP contribution is 2.26. The molecule has 0 heterocycles. The lowest BCUT2D eigenvalue weighted by atomic mass is 10.1. The van der Waals surface area contributed by atoms with Crippen LogP contribution < -0.4 is 14.8 Å². The van der Waals surface area contributed by atoms with Gasteiger partial charge in [0.25, 0.3) is 5.91 Å². The standard InChI is InChI=1S/C23H21BrClNO3/c1-3-28-22-10-7-16(23(27)26-19-6-4-5-18(24)13-19)12-17(22)14-29-20-8-9-21(25)15(2)11-20/h4-13H,3,14H2,1-2H3,(H,26,27). The van der Waals surface area contributed by atoms with Gasteiger partial charge in [-0.15, -0.1) is 0 Å². The number of nitrogens with one attached hydrogen (secondary N) is 1. The van der Waals surface area contributed by atoms with Crippen LogP contribution in [0.2, 0.25) is 5.02 Å². The Morgan fingerprint density at radius 1 is 1.07 bits per heavy atom. The maximum atomic E-state index is 12.7. The largest absolute Gasteiger partial charge is 0.493 e. The second-order valence-electron chi connectivity index (χ2n) is 6.42. The SMILES string of the molecule is CCOc1ccc(C(=O)Nc2cccc(Br)c2)cc1COc1ccc(Cl)c(C)c1. The molecule has 0 fully saturated rings. The van der Waals surface area contributed by atoms with Crippen molar-refractivity contribution in [3.63, 3.8) is 0 Å². The first-order chi connectivity index (χ1) is 14.0. The van der Waals surface area contributed by atoms with Crippen LogP contribution in [-0.2, 0) is 6.61 Å². The van der Waals surface area contributed by atoms with E-state index in [1.807, 2.05) is 50.2 Å². The van der Waals surface area contributed by atoms with Crippen molar-refractivity contribution >= 4 is 39.1 Å². The monoisotopic (exact) mass is 473 g/mol. The molecule has 3 aromatic rings. The molecule has 1 N–H and O–H groups in total. The van der Waals surface area contributed by atoms with Gasteiger partial charge in [-0.3, -0.25) is 4.79 Å². The summed E-state index contributed by atoms with van der Waals surface area (Å²) in [6.07, 6.45) is 0. The van der Waals surface area contributed by atoms with E-state index in [4.69, 9.17) is 21.1 Å². The summed E-state index contributed by atoms with van der Waals surface area (Å²) in [5.41, 5.74) is 2.98. The van der Waals surface area contributed by atoms with E-state index in [-0.39, 0.29) is 12.5 Å². The minimum absolute atomic E-state index is 0.199. The van der Waals surface area contributed by atoms with Gasteiger partial charge in [0.05, 0.1) is 6.61 Å². The molecule has 3 aromatic carbocycles. The molecule has 0 spiro atoms. The fourth-order valence-corrected chi connectivity index (χ4v) is 3.28. The van der Waals surface area contributed by atoms with E-state index >= 15 is 0 Å². The van der Waals surface area contributed by atoms with E-state index in [9.17, 15) is 4.79 Å². The molecule has 0 bridgehead atoms. The Kier molecular flexibility index (Phi) is 7.18. The first kappa shape index (κ1) is 21.2. The predicted octanol–water partition coefficient (Wildman–Crippen LogP) is 6.64. The first-order valence-corrected chi connectivity index (χ1v) is 10.3. The van der Waals surface area contributed by atoms with Crippen molar-refractivity contribution in [2.45, 2.75) is 20.5 Å². The molecule has 0 aromatic heterocycles. The number of halogens is 2. The van der Waals surface area contributed by atoms with Crippen molar-refractivity contribution in [3.05, 3.63) is 86.8 Å². The summed E-state index contributed by atoms with van der Waals surface area (Å²) in [5.74, 6) is 1.20. The van der Waals surface area contributed by atoms with Gasteiger partial charge in [0, 0.05) is 26.3 Å². The van der Waals surface area contributed by atoms with E-state index in [1.165, 1.54) is 0 Å². The first-order valence-electron chi connectivity index (χ1n) is 9.18. The molecule has 4 nitrogen and oxygen atoms in total. The molecule has 1 amide bonds. The zero-order chi connectivity index (χ0) is 20.8. The summed E-state index contributed by atoms with van der Waals surface area (Å²) >= 11 is 9.48. The third-order valence-electron chi connectivity index (χ3n) is 4.23. The van der Waals surface area contributed by atoms with Crippen LogP contribution in [0, 0.1) is 6.92 Å². The van der Waals surface area contributed by atoms with Crippen molar-refractivity contribution in [3.8, 4) is 11.5 Å². The van der Waals surface area contributed by atoms with Crippen LogP contribution in [0.1, 0.15) is 28.4 Å². The Morgan fingerprint density at radius 2 is 1.90 bits per heavy atom. The highest BCUT2D eigenvalue weighted by molar-refractivity contribution is 9.10. The Hall–Kier alpha value is -2.50. The van der Waals surface area contributed by atoms with Gasteiger partial charge in [-0.05, 0) is 74.0 Å². The Balaban J connectivity index is 1.79. The van der Waals surface area contributed by atoms with Crippen LogP contribution in [0.3, 0.4) is 0 Å². The highest BCUT2D eigenvalue weighted by Gasteiger charge is 2.12. The highest BCUT2D eigenvalue weighted by atomic mass is 79.9. The third-order valence-corrected chi connectivity index (χ3v) is 5.15. The average Bonchev–Trinajstić information content (AvgIpc) is 2.70. The fraction of sp³-hybridized carbons (Fsp3) is 0.174. The summed E-state index contributed by atoms with van der Waals surface area (Å²) in [7, 11) is 0. The molecule has 0 atom stereocenters. The lowest BCUT2D eigenvalue weighted by molar-refractivity contribution is 0.102. The maximum Gasteiger partial charge on any atom is 0.255 e. The van der Waals surface area contributed by atoms with Gasteiger partial charge < -0.3 is 14.8 Å².